The van der Waals surface area contributed by atoms with Crippen LogP contribution in [0.5, 0.6) is 0 Å². The fourth-order valence-electron chi connectivity index (χ4n) is 2.25. The number of benzene rings is 1. The molecule has 1 heterocycles. The zero-order chi connectivity index (χ0) is 14.6. The normalized spacial score (nSPS) is 17.4. The lowest BCUT2D eigenvalue weighted by molar-refractivity contribution is 0.0540. The highest BCUT2D eigenvalue weighted by molar-refractivity contribution is 7.08. The van der Waals surface area contributed by atoms with Crippen LogP contribution in [-0.4, -0.2) is 17.7 Å². The van der Waals surface area contributed by atoms with Crippen molar-refractivity contribution in [2.24, 2.45) is 0 Å². The van der Waals surface area contributed by atoms with Crippen LogP contribution in [0.3, 0.4) is 0 Å². The molecule has 1 aromatic heterocycles. The Labute approximate surface area is 125 Å². The Kier molecular flexibility index (Phi) is 4.97. The highest BCUT2D eigenvalue weighted by Crippen LogP contribution is 2.24. The number of rotatable bonds is 6. The molecule has 3 unspecified atom stereocenters. The molecule has 108 valence electrons. The lowest BCUT2D eigenvalue weighted by Crippen LogP contribution is -2.41. The van der Waals surface area contributed by atoms with Crippen LogP contribution in [0.4, 0.5) is 0 Å². The summed E-state index contributed by atoms with van der Waals surface area (Å²) < 4.78 is 0. The Hall–Kier alpha value is -1.16. The molecule has 3 heteroatoms. The van der Waals surface area contributed by atoms with Crippen molar-refractivity contribution >= 4 is 11.3 Å². The largest absolute Gasteiger partial charge is 0.384 e. The van der Waals surface area contributed by atoms with Crippen molar-refractivity contribution in [3.05, 3.63) is 58.3 Å². The van der Waals surface area contributed by atoms with Gasteiger partial charge in [0.25, 0.3) is 0 Å². The van der Waals surface area contributed by atoms with Crippen molar-refractivity contribution in [1.82, 2.24) is 5.32 Å². The SMILES string of the molecule is CC(NCC(C)(O)c1ccsc1)C(C)c1ccccc1. The van der Waals surface area contributed by atoms with Crippen LogP contribution in [-0.2, 0) is 5.60 Å². The van der Waals surface area contributed by atoms with E-state index in [-0.39, 0.29) is 0 Å². The van der Waals surface area contributed by atoms with Crippen molar-refractivity contribution in [2.45, 2.75) is 38.3 Å². The molecule has 0 aliphatic rings. The van der Waals surface area contributed by atoms with E-state index in [2.05, 4.69) is 43.4 Å². The maximum absolute atomic E-state index is 10.5. The molecule has 2 nitrogen and oxygen atoms in total. The van der Waals surface area contributed by atoms with Crippen LogP contribution in [0.1, 0.15) is 37.8 Å². The van der Waals surface area contributed by atoms with E-state index in [0.717, 1.165) is 5.56 Å². The van der Waals surface area contributed by atoms with Gasteiger partial charge in [0.15, 0.2) is 0 Å². The Morgan fingerprint density at radius 3 is 2.50 bits per heavy atom. The quantitative estimate of drug-likeness (QED) is 0.849. The molecule has 0 fully saturated rings. The summed E-state index contributed by atoms with van der Waals surface area (Å²) in [6.45, 7) is 6.80. The van der Waals surface area contributed by atoms with Crippen molar-refractivity contribution in [3.63, 3.8) is 0 Å². The number of thiophene rings is 1. The average Bonchev–Trinajstić information content (AvgIpc) is 3.00. The first-order valence-corrected chi connectivity index (χ1v) is 7.98. The van der Waals surface area contributed by atoms with E-state index in [1.165, 1.54) is 5.56 Å². The Morgan fingerprint density at radius 2 is 1.90 bits per heavy atom. The third-order valence-electron chi connectivity index (χ3n) is 3.99. The van der Waals surface area contributed by atoms with Gasteiger partial charge in [-0.25, -0.2) is 0 Å². The predicted octanol–water partition coefficient (Wildman–Crippen LogP) is 3.74. The minimum Gasteiger partial charge on any atom is -0.384 e. The molecule has 0 saturated carbocycles. The number of hydrogen-bond acceptors (Lipinski definition) is 3. The fraction of sp³-hybridized carbons (Fsp3) is 0.412. The van der Waals surface area contributed by atoms with E-state index < -0.39 is 5.60 Å². The first kappa shape index (κ1) is 15.2. The highest BCUT2D eigenvalue weighted by atomic mass is 32.1. The van der Waals surface area contributed by atoms with Gasteiger partial charge in [-0.05, 0) is 47.7 Å². The van der Waals surface area contributed by atoms with Crippen LogP contribution < -0.4 is 5.32 Å². The Morgan fingerprint density at radius 1 is 1.20 bits per heavy atom. The topological polar surface area (TPSA) is 32.3 Å². The number of nitrogens with one attached hydrogen (secondary N) is 1. The summed E-state index contributed by atoms with van der Waals surface area (Å²) >= 11 is 1.62. The van der Waals surface area contributed by atoms with Gasteiger partial charge >= 0.3 is 0 Å². The molecule has 0 spiro atoms. The lowest BCUT2D eigenvalue weighted by Gasteiger charge is -2.28. The zero-order valence-corrected chi connectivity index (χ0v) is 13.2. The first-order chi connectivity index (χ1) is 9.50. The van der Waals surface area contributed by atoms with E-state index >= 15 is 0 Å². The van der Waals surface area contributed by atoms with Gasteiger partial charge in [0.1, 0.15) is 0 Å². The summed E-state index contributed by atoms with van der Waals surface area (Å²) in [5.74, 6) is 0.412. The lowest BCUT2D eigenvalue weighted by atomic mass is 9.93. The molecule has 0 saturated heterocycles. The molecule has 1 aromatic carbocycles. The maximum atomic E-state index is 10.5. The van der Waals surface area contributed by atoms with Gasteiger partial charge in [-0.1, -0.05) is 37.3 Å². The summed E-state index contributed by atoms with van der Waals surface area (Å²) in [4.78, 5) is 0. The zero-order valence-electron chi connectivity index (χ0n) is 12.3. The summed E-state index contributed by atoms with van der Waals surface area (Å²) in [6.07, 6.45) is 0. The fourth-order valence-corrected chi connectivity index (χ4v) is 3.04. The van der Waals surface area contributed by atoms with Crippen LogP contribution in [0.15, 0.2) is 47.2 Å². The molecule has 2 rings (SSSR count). The van der Waals surface area contributed by atoms with Crippen molar-refractivity contribution < 1.29 is 5.11 Å². The molecule has 0 bridgehead atoms. The van der Waals surface area contributed by atoms with Gasteiger partial charge in [-0.15, -0.1) is 0 Å². The van der Waals surface area contributed by atoms with Gasteiger partial charge in [0, 0.05) is 12.6 Å². The smallest absolute Gasteiger partial charge is 0.1000 e. The van der Waals surface area contributed by atoms with Crippen molar-refractivity contribution in [2.75, 3.05) is 6.54 Å². The average molecular weight is 289 g/mol. The van der Waals surface area contributed by atoms with E-state index in [9.17, 15) is 5.11 Å². The van der Waals surface area contributed by atoms with Crippen molar-refractivity contribution in [3.8, 4) is 0 Å². The molecule has 0 amide bonds. The summed E-state index contributed by atoms with van der Waals surface area (Å²) in [5, 5.41) is 18.0. The van der Waals surface area contributed by atoms with Crippen molar-refractivity contribution in [1.29, 1.82) is 0 Å². The minimum absolute atomic E-state index is 0.308. The minimum atomic E-state index is -0.815. The second kappa shape index (κ2) is 6.53. The van der Waals surface area contributed by atoms with Crippen LogP contribution in [0.2, 0.25) is 0 Å². The van der Waals surface area contributed by atoms with Gasteiger partial charge in [-0.2, -0.15) is 11.3 Å². The van der Waals surface area contributed by atoms with Crippen LogP contribution >= 0.6 is 11.3 Å². The first-order valence-electron chi connectivity index (χ1n) is 7.04. The predicted molar refractivity (Wildman–Crippen MR) is 86.2 cm³/mol. The molecule has 3 atom stereocenters. The second-order valence-electron chi connectivity index (χ2n) is 5.65. The highest BCUT2D eigenvalue weighted by Gasteiger charge is 2.25. The number of hydrogen-bond donors (Lipinski definition) is 2. The third kappa shape index (κ3) is 3.69. The molecule has 2 N–H and O–H groups in total. The van der Waals surface area contributed by atoms with E-state index in [0.29, 0.717) is 18.5 Å². The van der Waals surface area contributed by atoms with Crippen LogP contribution in [0.25, 0.3) is 0 Å². The van der Waals surface area contributed by atoms with Gasteiger partial charge in [0.05, 0.1) is 5.60 Å². The molecule has 20 heavy (non-hydrogen) atoms. The molecule has 2 aromatic rings. The Balaban J connectivity index is 1.94. The monoisotopic (exact) mass is 289 g/mol. The second-order valence-corrected chi connectivity index (χ2v) is 6.43. The summed E-state index contributed by atoms with van der Waals surface area (Å²) in [5.41, 5.74) is 1.49. The Bertz CT molecular complexity index is 507. The summed E-state index contributed by atoms with van der Waals surface area (Å²) in [7, 11) is 0. The van der Waals surface area contributed by atoms with E-state index in [1.54, 1.807) is 11.3 Å². The van der Waals surface area contributed by atoms with Gasteiger partial charge in [-0.3, -0.25) is 0 Å². The molecular formula is C17H23NOS. The molecular weight excluding hydrogens is 266 g/mol. The standard InChI is InChI=1S/C17H23NOS/c1-13(15-7-5-4-6-8-15)14(2)18-12-17(3,19)16-9-10-20-11-16/h4-11,13-14,18-19H,12H2,1-3H3. The third-order valence-corrected chi connectivity index (χ3v) is 4.67. The molecule has 0 aliphatic heterocycles. The van der Waals surface area contributed by atoms with Gasteiger partial charge in [0.2, 0.25) is 0 Å². The van der Waals surface area contributed by atoms with Gasteiger partial charge < -0.3 is 10.4 Å². The molecule has 0 aliphatic carbocycles. The van der Waals surface area contributed by atoms with Crippen LogP contribution in [0, 0.1) is 0 Å². The molecule has 0 radical (unpaired) electrons. The van der Waals surface area contributed by atoms with E-state index in [4.69, 9.17) is 0 Å². The maximum Gasteiger partial charge on any atom is 0.1000 e. The van der Waals surface area contributed by atoms with E-state index in [1.807, 2.05) is 29.8 Å². The number of aliphatic hydroxyl groups is 1. The summed E-state index contributed by atoms with van der Waals surface area (Å²) in [6, 6.07) is 12.8.